The molecule has 0 saturated heterocycles. The fourth-order valence-corrected chi connectivity index (χ4v) is 2.59. The van der Waals surface area contributed by atoms with Gasteiger partial charge in [-0.05, 0) is 58.7 Å². The van der Waals surface area contributed by atoms with Crippen molar-refractivity contribution in [2.45, 2.75) is 18.9 Å². The Morgan fingerprint density at radius 3 is 3.00 bits per heavy atom. The molecule has 0 heterocycles. The van der Waals surface area contributed by atoms with E-state index >= 15 is 0 Å². The lowest BCUT2D eigenvalue weighted by atomic mass is 10.1. The molecule has 0 radical (unpaired) electrons. The molecule has 1 aromatic carbocycles. The van der Waals surface area contributed by atoms with Gasteiger partial charge in [-0.3, -0.25) is 0 Å². The summed E-state index contributed by atoms with van der Waals surface area (Å²) in [5.74, 6) is 0.329. The Hall–Kier alpha value is -0.290. The normalized spacial score (nSPS) is 21.0. The van der Waals surface area contributed by atoms with Crippen molar-refractivity contribution in [3.63, 3.8) is 0 Å². The van der Waals surface area contributed by atoms with Gasteiger partial charge in [0.15, 0.2) is 0 Å². The van der Waals surface area contributed by atoms with Gasteiger partial charge in [0.25, 0.3) is 0 Å². The standard InChI is InChI=1S/C9H10INO/c10-8-4-5(12)3-7-6(8)1-2-9(7)11/h3-4,9,12H,1-2,11H2/t9-/m1/s1. The summed E-state index contributed by atoms with van der Waals surface area (Å²) in [4.78, 5) is 0. The zero-order valence-corrected chi connectivity index (χ0v) is 8.71. The summed E-state index contributed by atoms with van der Waals surface area (Å²) >= 11 is 2.25. The van der Waals surface area contributed by atoms with Crippen LogP contribution < -0.4 is 5.73 Å². The first kappa shape index (κ1) is 8.31. The zero-order valence-electron chi connectivity index (χ0n) is 6.55. The molecule has 0 fully saturated rings. The van der Waals surface area contributed by atoms with Gasteiger partial charge in [0.05, 0.1) is 0 Å². The van der Waals surface area contributed by atoms with Crippen LogP contribution in [-0.4, -0.2) is 5.11 Å². The average Bonchev–Trinajstić information content (AvgIpc) is 2.33. The van der Waals surface area contributed by atoms with Crippen molar-refractivity contribution in [2.75, 3.05) is 0 Å². The van der Waals surface area contributed by atoms with E-state index in [1.807, 2.05) is 0 Å². The fraction of sp³-hybridized carbons (Fsp3) is 0.333. The zero-order chi connectivity index (χ0) is 8.72. The lowest BCUT2D eigenvalue weighted by Gasteiger charge is -2.06. The van der Waals surface area contributed by atoms with Crippen molar-refractivity contribution in [1.29, 1.82) is 0 Å². The highest BCUT2D eigenvalue weighted by atomic mass is 127. The molecule has 2 nitrogen and oxygen atoms in total. The Morgan fingerprint density at radius 2 is 2.25 bits per heavy atom. The second-order valence-corrected chi connectivity index (χ2v) is 4.30. The third kappa shape index (κ3) is 1.21. The number of hydrogen-bond acceptors (Lipinski definition) is 2. The topological polar surface area (TPSA) is 46.2 Å². The molecule has 0 spiro atoms. The van der Waals surface area contributed by atoms with Crippen LogP contribution in [0.5, 0.6) is 5.75 Å². The maximum atomic E-state index is 9.33. The third-order valence-electron chi connectivity index (χ3n) is 2.32. The van der Waals surface area contributed by atoms with E-state index in [1.54, 1.807) is 12.1 Å². The molecule has 0 aromatic heterocycles. The number of halogens is 1. The molecule has 12 heavy (non-hydrogen) atoms. The number of hydrogen-bond donors (Lipinski definition) is 2. The van der Waals surface area contributed by atoms with Gasteiger partial charge >= 0.3 is 0 Å². The van der Waals surface area contributed by atoms with Gasteiger partial charge < -0.3 is 10.8 Å². The second kappa shape index (κ2) is 2.88. The molecule has 0 saturated carbocycles. The van der Waals surface area contributed by atoms with Crippen molar-refractivity contribution in [1.82, 2.24) is 0 Å². The van der Waals surface area contributed by atoms with Crippen LogP contribution >= 0.6 is 22.6 Å². The SMILES string of the molecule is N[C@@H]1CCc2c(I)cc(O)cc21. The number of rotatable bonds is 0. The minimum Gasteiger partial charge on any atom is -0.508 e. The van der Waals surface area contributed by atoms with Gasteiger partial charge in [0.1, 0.15) is 5.75 Å². The van der Waals surface area contributed by atoms with Gasteiger partial charge in [0.2, 0.25) is 0 Å². The molecule has 1 aromatic rings. The Balaban J connectivity index is 2.60. The van der Waals surface area contributed by atoms with Crippen LogP contribution in [0.1, 0.15) is 23.6 Å². The van der Waals surface area contributed by atoms with E-state index in [4.69, 9.17) is 5.73 Å². The lowest BCUT2D eigenvalue weighted by Crippen LogP contribution is -2.05. The molecule has 0 amide bonds. The average molecular weight is 275 g/mol. The van der Waals surface area contributed by atoms with Gasteiger partial charge in [0, 0.05) is 9.61 Å². The monoisotopic (exact) mass is 275 g/mol. The molecular formula is C9H10INO. The molecule has 0 bridgehead atoms. The van der Waals surface area contributed by atoms with Crippen LogP contribution in [0.25, 0.3) is 0 Å². The van der Waals surface area contributed by atoms with Crippen LogP contribution in [0.15, 0.2) is 12.1 Å². The molecule has 2 rings (SSSR count). The van der Waals surface area contributed by atoms with Gasteiger partial charge in [-0.15, -0.1) is 0 Å². The number of phenolic OH excluding ortho intramolecular Hbond substituents is 1. The maximum Gasteiger partial charge on any atom is 0.116 e. The summed E-state index contributed by atoms with van der Waals surface area (Å²) in [6.45, 7) is 0. The minimum atomic E-state index is 0.126. The smallest absolute Gasteiger partial charge is 0.116 e. The van der Waals surface area contributed by atoms with Crippen LogP contribution in [0, 0.1) is 3.57 Å². The molecule has 3 heteroatoms. The molecule has 0 unspecified atom stereocenters. The number of benzene rings is 1. The maximum absolute atomic E-state index is 9.33. The number of nitrogens with two attached hydrogens (primary N) is 1. The summed E-state index contributed by atoms with van der Waals surface area (Å²) in [6, 6.07) is 3.70. The highest BCUT2D eigenvalue weighted by Crippen LogP contribution is 2.35. The van der Waals surface area contributed by atoms with Crippen LogP contribution in [0.3, 0.4) is 0 Å². The van der Waals surface area contributed by atoms with Crippen molar-refractivity contribution in [3.05, 3.63) is 26.8 Å². The predicted molar refractivity (Wildman–Crippen MR) is 56.1 cm³/mol. The van der Waals surface area contributed by atoms with E-state index in [0.29, 0.717) is 5.75 Å². The van der Waals surface area contributed by atoms with Gasteiger partial charge in [-0.25, -0.2) is 0 Å². The molecule has 1 atom stereocenters. The lowest BCUT2D eigenvalue weighted by molar-refractivity contribution is 0.473. The van der Waals surface area contributed by atoms with Crippen molar-refractivity contribution < 1.29 is 5.11 Å². The van der Waals surface area contributed by atoms with E-state index in [9.17, 15) is 5.11 Å². The van der Waals surface area contributed by atoms with E-state index in [0.717, 1.165) is 22.0 Å². The van der Waals surface area contributed by atoms with Crippen molar-refractivity contribution in [3.8, 4) is 5.75 Å². The summed E-state index contributed by atoms with van der Waals surface area (Å²) in [7, 11) is 0. The van der Waals surface area contributed by atoms with Crippen LogP contribution in [0.2, 0.25) is 0 Å². The van der Waals surface area contributed by atoms with Crippen molar-refractivity contribution in [2.24, 2.45) is 5.73 Å². The summed E-state index contributed by atoms with van der Waals surface area (Å²) in [6.07, 6.45) is 2.06. The quantitative estimate of drug-likeness (QED) is 0.711. The predicted octanol–water partition coefficient (Wildman–Crippen LogP) is 1.94. The second-order valence-electron chi connectivity index (χ2n) is 3.14. The highest BCUT2D eigenvalue weighted by molar-refractivity contribution is 14.1. The third-order valence-corrected chi connectivity index (χ3v) is 3.28. The summed E-state index contributed by atoms with van der Waals surface area (Å²) in [5, 5.41) is 9.33. The van der Waals surface area contributed by atoms with Crippen molar-refractivity contribution >= 4 is 22.6 Å². The Bertz CT molecular complexity index is 325. The first-order valence-electron chi connectivity index (χ1n) is 3.95. The molecule has 3 N–H and O–H groups in total. The van der Waals surface area contributed by atoms with Gasteiger partial charge in [-0.2, -0.15) is 0 Å². The van der Waals surface area contributed by atoms with E-state index < -0.39 is 0 Å². The highest BCUT2D eigenvalue weighted by Gasteiger charge is 2.21. The Labute approximate surface area is 84.9 Å². The molecule has 1 aliphatic carbocycles. The summed E-state index contributed by atoms with van der Waals surface area (Å²) < 4.78 is 1.13. The largest absolute Gasteiger partial charge is 0.508 e. The molecule has 64 valence electrons. The molecular weight excluding hydrogens is 265 g/mol. The first-order chi connectivity index (χ1) is 5.68. The molecule has 1 aliphatic rings. The Morgan fingerprint density at radius 1 is 1.50 bits per heavy atom. The molecule has 0 aliphatic heterocycles. The van der Waals surface area contributed by atoms with E-state index in [2.05, 4.69) is 22.6 Å². The van der Waals surface area contributed by atoms with E-state index in [1.165, 1.54) is 5.56 Å². The number of phenols is 1. The van der Waals surface area contributed by atoms with Crippen LogP contribution in [-0.2, 0) is 6.42 Å². The minimum absolute atomic E-state index is 0.126. The Kier molecular flexibility index (Phi) is 2.00. The number of fused-ring (bicyclic) bond motifs is 1. The van der Waals surface area contributed by atoms with Crippen LogP contribution in [0.4, 0.5) is 0 Å². The first-order valence-corrected chi connectivity index (χ1v) is 5.03. The van der Waals surface area contributed by atoms with Gasteiger partial charge in [-0.1, -0.05) is 0 Å². The summed E-state index contributed by atoms with van der Waals surface area (Å²) in [5.41, 5.74) is 8.31. The number of aromatic hydroxyl groups is 1. The van der Waals surface area contributed by atoms with E-state index in [-0.39, 0.29) is 6.04 Å². The fourth-order valence-electron chi connectivity index (χ4n) is 1.69.